The monoisotopic (exact) mass is 269 g/mol. The predicted molar refractivity (Wildman–Crippen MR) is 64.8 cm³/mol. The summed E-state index contributed by atoms with van der Waals surface area (Å²) in [6, 6.07) is 8.38. The molecule has 1 aliphatic heterocycles. The van der Waals surface area contributed by atoms with E-state index >= 15 is 0 Å². The van der Waals surface area contributed by atoms with E-state index in [1.807, 2.05) is 0 Å². The van der Waals surface area contributed by atoms with E-state index < -0.39 is 0 Å². The van der Waals surface area contributed by atoms with Crippen LogP contribution >= 0.6 is 15.9 Å². The van der Waals surface area contributed by atoms with Gasteiger partial charge in [-0.2, -0.15) is 0 Å². The zero-order valence-corrected chi connectivity index (χ0v) is 10.7. The van der Waals surface area contributed by atoms with Gasteiger partial charge in [0.25, 0.3) is 0 Å². The molecule has 2 rings (SSSR count). The summed E-state index contributed by atoms with van der Waals surface area (Å²) in [7, 11) is 0. The molecule has 0 aromatic heterocycles. The first-order valence-electron chi connectivity index (χ1n) is 5.19. The van der Waals surface area contributed by atoms with E-state index in [2.05, 4.69) is 59.4 Å². The Morgan fingerprint density at radius 3 is 2.60 bits per heavy atom. The lowest BCUT2D eigenvalue weighted by molar-refractivity contribution is 0.0987. The second-order valence-corrected chi connectivity index (χ2v) is 5.57. The van der Waals surface area contributed by atoms with Crippen molar-refractivity contribution in [1.82, 2.24) is 5.32 Å². The fraction of sp³-hybridized carbons (Fsp3) is 0.500. The molecule has 1 aromatic rings. The molecule has 2 nitrogen and oxygen atoms in total. The lowest BCUT2D eigenvalue weighted by Gasteiger charge is -2.17. The van der Waals surface area contributed by atoms with E-state index in [-0.39, 0.29) is 11.8 Å². The van der Waals surface area contributed by atoms with E-state index in [1.54, 1.807) is 0 Å². The summed E-state index contributed by atoms with van der Waals surface area (Å²) in [6.07, 6.45) is 1.08. The molecule has 1 aliphatic rings. The summed E-state index contributed by atoms with van der Waals surface area (Å²) >= 11 is 3.43. The minimum absolute atomic E-state index is 0.111. The first kappa shape index (κ1) is 11.1. The lowest BCUT2D eigenvalue weighted by Crippen LogP contribution is -2.39. The lowest BCUT2D eigenvalue weighted by atomic mass is 10.1. The Bertz CT molecular complexity index is 334. The molecule has 1 atom stereocenters. The van der Waals surface area contributed by atoms with Crippen molar-refractivity contribution in [3.8, 4) is 0 Å². The van der Waals surface area contributed by atoms with Gasteiger partial charge in [0.1, 0.15) is 6.23 Å². The van der Waals surface area contributed by atoms with Gasteiger partial charge in [0, 0.05) is 16.4 Å². The number of hydrogen-bond acceptors (Lipinski definition) is 2. The molecule has 1 N–H and O–H groups in total. The van der Waals surface area contributed by atoms with Crippen LogP contribution in [0.25, 0.3) is 0 Å². The number of rotatable bonds is 2. The van der Waals surface area contributed by atoms with Crippen LogP contribution in [-0.2, 0) is 11.2 Å². The van der Waals surface area contributed by atoms with Crippen molar-refractivity contribution in [2.45, 2.75) is 32.0 Å². The zero-order chi connectivity index (χ0) is 10.9. The van der Waals surface area contributed by atoms with Crippen LogP contribution in [0.5, 0.6) is 0 Å². The second kappa shape index (κ2) is 4.24. The smallest absolute Gasteiger partial charge is 0.112 e. The van der Waals surface area contributed by atoms with Crippen LogP contribution in [0.1, 0.15) is 19.4 Å². The van der Waals surface area contributed by atoms with Gasteiger partial charge < -0.3 is 4.74 Å². The van der Waals surface area contributed by atoms with Crippen LogP contribution < -0.4 is 5.32 Å². The molecular formula is C12H16BrNO. The van der Waals surface area contributed by atoms with Crippen molar-refractivity contribution in [2.75, 3.05) is 6.61 Å². The fourth-order valence-corrected chi connectivity index (χ4v) is 2.04. The third-order valence-electron chi connectivity index (χ3n) is 2.53. The van der Waals surface area contributed by atoms with Gasteiger partial charge in [-0.1, -0.05) is 28.1 Å². The average molecular weight is 270 g/mol. The Kier molecular flexibility index (Phi) is 3.14. The second-order valence-electron chi connectivity index (χ2n) is 4.66. The summed E-state index contributed by atoms with van der Waals surface area (Å²) < 4.78 is 6.80. The summed E-state index contributed by atoms with van der Waals surface area (Å²) in [5, 5.41) is 3.46. The van der Waals surface area contributed by atoms with E-state index in [0.717, 1.165) is 17.5 Å². The Morgan fingerprint density at radius 2 is 2.07 bits per heavy atom. The van der Waals surface area contributed by atoms with Gasteiger partial charge >= 0.3 is 0 Å². The van der Waals surface area contributed by atoms with Gasteiger partial charge in [-0.25, -0.2) is 0 Å². The van der Waals surface area contributed by atoms with Gasteiger partial charge in [-0.15, -0.1) is 0 Å². The normalized spacial score (nSPS) is 24.3. The van der Waals surface area contributed by atoms with Crippen molar-refractivity contribution < 1.29 is 4.74 Å². The molecule has 0 saturated carbocycles. The van der Waals surface area contributed by atoms with Crippen molar-refractivity contribution >= 4 is 15.9 Å². The van der Waals surface area contributed by atoms with Crippen LogP contribution in [0.2, 0.25) is 0 Å². The van der Waals surface area contributed by atoms with Crippen LogP contribution in [0.15, 0.2) is 28.7 Å². The van der Waals surface area contributed by atoms with Crippen molar-refractivity contribution in [3.63, 3.8) is 0 Å². The van der Waals surface area contributed by atoms with Crippen molar-refractivity contribution in [2.24, 2.45) is 0 Å². The van der Waals surface area contributed by atoms with E-state index in [9.17, 15) is 0 Å². The first-order chi connectivity index (χ1) is 7.05. The molecule has 3 heteroatoms. The van der Waals surface area contributed by atoms with Crippen molar-refractivity contribution in [1.29, 1.82) is 0 Å². The minimum Gasteiger partial charge on any atom is -0.361 e. The van der Waals surface area contributed by atoms with Gasteiger partial charge in [0.05, 0.1) is 6.61 Å². The van der Waals surface area contributed by atoms with Crippen LogP contribution in [0.3, 0.4) is 0 Å². The average Bonchev–Trinajstić information content (AvgIpc) is 2.50. The highest BCUT2D eigenvalue weighted by Gasteiger charge is 2.30. The molecule has 0 aliphatic carbocycles. The number of ether oxygens (including phenoxy) is 1. The van der Waals surface area contributed by atoms with Gasteiger partial charge in [0.15, 0.2) is 0 Å². The Hall–Kier alpha value is -0.380. The molecule has 0 spiro atoms. The predicted octanol–water partition coefficient (Wildman–Crippen LogP) is 2.72. The van der Waals surface area contributed by atoms with Crippen LogP contribution in [0, 0.1) is 0 Å². The Balaban J connectivity index is 1.96. The third-order valence-corrected chi connectivity index (χ3v) is 3.06. The van der Waals surface area contributed by atoms with E-state index in [4.69, 9.17) is 4.74 Å². The SMILES string of the molecule is CC1(C)COC(Cc2ccc(Br)cc2)N1. The van der Waals surface area contributed by atoms with Crippen LogP contribution in [-0.4, -0.2) is 18.4 Å². The quantitative estimate of drug-likeness (QED) is 0.892. The van der Waals surface area contributed by atoms with E-state index in [0.29, 0.717) is 0 Å². The highest BCUT2D eigenvalue weighted by molar-refractivity contribution is 9.10. The summed E-state index contributed by atoms with van der Waals surface area (Å²) in [5.74, 6) is 0. The highest BCUT2D eigenvalue weighted by Crippen LogP contribution is 2.18. The topological polar surface area (TPSA) is 21.3 Å². The largest absolute Gasteiger partial charge is 0.361 e. The van der Waals surface area contributed by atoms with Crippen molar-refractivity contribution in [3.05, 3.63) is 34.3 Å². The number of halogens is 1. The van der Waals surface area contributed by atoms with Gasteiger partial charge in [0.2, 0.25) is 0 Å². The molecule has 1 fully saturated rings. The number of hydrogen-bond donors (Lipinski definition) is 1. The zero-order valence-electron chi connectivity index (χ0n) is 9.09. The minimum atomic E-state index is 0.111. The van der Waals surface area contributed by atoms with E-state index in [1.165, 1.54) is 5.56 Å². The number of benzene rings is 1. The van der Waals surface area contributed by atoms with Gasteiger partial charge in [-0.3, -0.25) is 5.32 Å². The maximum Gasteiger partial charge on any atom is 0.112 e. The summed E-state index contributed by atoms with van der Waals surface area (Å²) in [6.45, 7) is 5.11. The van der Waals surface area contributed by atoms with Gasteiger partial charge in [-0.05, 0) is 31.5 Å². The van der Waals surface area contributed by atoms with Crippen LogP contribution in [0.4, 0.5) is 0 Å². The molecule has 0 amide bonds. The maximum atomic E-state index is 5.68. The third kappa shape index (κ3) is 3.03. The Labute approximate surface area is 99.1 Å². The molecule has 15 heavy (non-hydrogen) atoms. The fourth-order valence-electron chi connectivity index (χ4n) is 1.77. The maximum absolute atomic E-state index is 5.68. The molecule has 1 heterocycles. The molecule has 1 saturated heterocycles. The molecular weight excluding hydrogens is 254 g/mol. The molecule has 0 radical (unpaired) electrons. The number of nitrogens with one attached hydrogen (secondary N) is 1. The summed E-state index contributed by atoms with van der Waals surface area (Å²) in [4.78, 5) is 0. The molecule has 1 aromatic carbocycles. The standard InChI is InChI=1S/C12H16BrNO/c1-12(2)8-15-11(14-12)7-9-3-5-10(13)6-4-9/h3-6,11,14H,7-8H2,1-2H3. The molecule has 82 valence electrons. The summed E-state index contributed by atoms with van der Waals surface area (Å²) in [5.41, 5.74) is 1.41. The highest BCUT2D eigenvalue weighted by atomic mass is 79.9. The molecule has 1 unspecified atom stereocenters. The first-order valence-corrected chi connectivity index (χ1v) is 5.98. The molecule has 0 bridgehead atoms. The Morgan fingerprint density at radius 1 is 1.40 bits per heavy atom.